The van der Waals surface area contributed by atoms with Gasteiger partial charge in [-0.15, -0.1) is 28.3 Å². The van der Waals surface area contributed by atoms with Crippen LogP contribution in [0.1, 0.15) is 39.8 Å². The van der Waals surface area contributed by atoms with E-state index < -0.39 is 0 Å². The molecule has 1 heterocycles. The smallest absolute Gasteiger partial charge is 0.182 e. The molecule has 0 saturated carbocycles. The van der Waals surface area contributed by atoms with Crippen LogP contribution in [-0.2, 0) is 19.4 Å². The first-order valence-electron chi connectivity index (χ1n) is 7.40. The number of hydrogen-bond donors (Lipinski definition) is 1. The highest BCUT2D eigenvalue weighted by Crippen LogP contribution is 2.27. The van der Waals surface area contributed by atoms with Crippen molar-refractivity contribution in [2.45, 2.75) is 39.7 Å². The van der Waals surface area contributed by atoms with Gasteiger partial charge in [-0.1, -0.05) is 36.8 Å². The largest absolute Gasteiger partial charge is 0.313 e. The summed E-state index contributed by atoms with van der Waals surface area (Å²) in [5.41, 5.74) is 3.10. The minimum atomic E-state index is 0. The standard InChI is InChI=1S/C17H20N2OS.BrH/c1-11-3-6-13(7-4-11)15(20)10-19-14-8-5-12(2)9-16(14)21-17(19)18;/h3-4,6-7,12,18H,5,8-10H2,1-2H3;1H. The van der Waals surface area contributed by atoms with Crippen LogP contribution in [0.5, 0.6) is 0 Å². The zero-order valence-corrected chi connectivity index (χ0v) is 15.4. The Morgan fingerprint density at radius 3 is 2.73 bits per heavy atom. The van der Waals surface area contributed by atoms with Gasteiger partial charge in [-0.05, 0) is 32.1 Å². The van der Waals surface area contributed by atoms with Crippen molar-refractivity contribution in [1.82, 2.24) is 4.57 Å². The highest BCUT2D eigenvalue weighted by molar-refractivity contribution is 8.93. The fourth-order valence-corrected chi connectivity index (χ4v) is 4.10. The number of benzene rings is 1. The number of fused-ring (bicyclic) bond motifs is 1. The van der Waals surface area contributed by atoms with Crippen LogP contribution in [0.25, 0.3) is 0 Å². The lowest BCUT2D eigenvalue weighted by Gasteiger charge is -2.19. The second-order valence-corrected chi connectivity index (χ2v) is 7.08. The average molecular weight is 381 g/mol. The summed E-state index contributed by atoms with van der Waals surface area (Å²) >= 11 is 1.54. The summed E-state index contributed by atoms with van der Waals surface area (Å²) in [4.78, 5) is 14.2. The van der Waals surface area contributed by atoms with Gasteiger partial charge in [0.15, 0.2) is 10.6 Å². The maximum Gasteiger partial charge on any atom is 0.182 e. The van der Waals surface area contributed by atoms with E-state index in [9.17, 15) is 4.79 Å². The number of aryl methyl sites for hydroxylation is 1. The average Bonchev–Trinajstić information content (AvgIpc) is 2.75. The summed E-state index contributed by atoms with van der Waals surface area (Å²) in [5.74, 6) is 0.782. The summed E-state index contributed by atoms with van der Waals surface area (Å²) in [5, 5.41) is 8.15. The molecule has 3 nitrogen and oxygen atoms in total. The predicted molar refractivity (Wildman–Crippen MR) is 95.2 cm³/mol. The van der Waals surface area contributed by atoms with E-state index in [0.717, 1.165) is 30.4 Å². The van der Waals surface area contributed by atoms with E-state index in [1.807, 2.05) is 35.8 Å². The topological polar surface area (TPSA) is 45.9 Å². The zero-order chi connectivity index (χ0) is 15.0. The lowest BCUT2D eigenvalue weighted by atomic mass is 9.92. The van der Waals surface area contributed by atoms with E-state index in [1.54, 1.807) is 0 Å². The third kappa shape index (κ3) is 3.41. The van der Waals surface area contributed by atoms with E-state index >= 15 is 0 Å². The van der Waals surface area contributed by atoms with Gasteiger partial charge in [-0.25, -0.2) is 0 Å². The number of aromatic nitrogens is 1. The zero-order valence-electron chi connectivity index (χ0n) is 12.9. The molecule has 1 aromatic carbocycles. The van der Waals surface area contributed by atoms with Crippen LogP contribution in [0, 0.1) is 18.3 Å². The van der Waals surface area contributed by atoms with Crippen LogP contribution in [0.15, 0.2) is 24.3 Å². The molecule has 0 spiro atoms. The lowest BCUT2D eigenvalue weighted by Crippen LogP contribution is -2.23. The summed E-state index contributed by atoms with van der Waals surface area (Å²) in [7, 11) is 0. The number of carbonyl (C=O) groups is 1. The fourth-order valence-electron chi connectivity index (χ4n) is 2.88. The van der Waals surface area contributed by atoms with Crippen molar-refractivity contribution in [1.29, 1.82) is 5.41 Å². The molecule has 1 N–H and O–H groups in total. The number of ketones is 1. The van der Waals surface area contributed by atoms with Crippen LogP contribution in [0.4, 0.5) is 0 Å². The third-order valence-corrected chi connectivity index (χ3v) is 5.26. The Bertz CT molecular complexity index is 730. The molecule has 0 saturated heterocycles. The molecule has 1 aliphatic carbocycles. The van der Waals surface area contributed by atoms with Crippen molar-refractivity contribution < 1.29 is 4.79 Å². The van der Waals surface area contributed by atoms with Crippen molar-refractivity contribution >= 4 is 34.1 Å². The first-order chi connectivity index (χ1) is 10.0. The lowest BCUT2D eigenvalue weighted by molar-refractivity contribution is 0.0969. The SMILES string of the molecule is Br.Cc1ccc(C(=O)Cn2c3c(sc2=N)CC(C)CC3)cc1. The van der Waals surface area contributed by atoms with Crippen molar-refractivity contribution in [3.63, 3.8) is 0 Å². The van der Waals surface area contributed by atoms with Gasteiger partial charge >= 0.3 is 0 Å². The molecule has 22 heavy (non-hydrogen) atoms. The Hall–Kier alpha value is -1.20. The van der Waals surface area contributed by atoms with E-state index in [4.69, 9.17) is 5.41 Å². The molecule has 1 aromatic heterocycles. The van der Waals surface area contributed by atoms with Crippen LogP contribution in [-0.4, -0.2) is 10.4 Å². The third-order valence-electron chi connectivity index (χ3n) is 4.20. The summed E-state index contributed by atoms with van der Waals surface area (Å²) in [6.07, 6.45) is 3.20. The minimum absolute atomic E-state index is 0. The van der Waals surface area contributed by atoms with Gasteiger partial charge in [-0.3, -0.25) is 10.2 Å². The normalized spacial score (nSPS) is 16.7. The summed E-state index contributed by atoms with van der Waals surface area (Å²) in [6.45, 7) is 4.57. The van der Waals surface area contributed by atoms with E-state index in [2.05, 4.69) is 6.92 Å². The van der Waals surface area contributed by atoms with Crippen molar-refractivity contribution in [2.24, 2.45) is 5.92 Å². The first kappa shape index (κ1) is 17.2. The molecule has 1 aliphatic rings. The van der Waals surface area contributed by atoms with Gasteiger partial charge in [0, 0.05) is 16.1 Å². The van der Waals surface area contributed by atoms with Gasteiger partial charge in [-0.2, -0.15) is 0 Å². The second kappa shape index (κ2) is 6.92. The number of halogens is 1. The molecule has 118 valence electrons. The number of rotatable bonds is 3. The molecule has 0 amide bonds. The van der Waals surface area contributed by atoms with Crippen molar-refractivity contribution in [3.8, 4) is 0 Å². The molecule has 2 aromatic rings. The molecule has 0 aliphatic heterocycles. The number of nitrogens with zero attached hydrogens (tertiary/aromatic N) is 1. The molecule has 5 heteroatoms. The Morgan fingerprint density at radius 1 is 1.36 bits per heavy atom. The first-order valence-corrected chi connectivity index (χ1v) is 8.22. The van der Waals surface area contributed by atoms with Gasteiger partial charge in [0.2, 0.25) is 0 Å². The second-order valence-electron chi connectivity index (χ2n) is 6.00. The monoisotopic (exact) mass is 380 g/mol. The number of Topliss-reactive ketones (excluding diaryl/α,β-unsaturated/α-hetero) is 1. The molecule has 1 atom stereocenters. The number of carbonyl (C=O) groups excluding carboxylic acids is 1. The number of nitrogens with one attached hydrogen (secondary N) is 1. The maximum atomic E-state index is 12.4. The molecule has 1 unspecified atom stereocenters. The molecule has 0 bridgehead atoms. The van der Waals surface area contributed by atoms with Crippen LogP contribution in [0.3, 0.4) is 0 Å². The van der Waals surface area contributed by atoms with Gasteiger partial charge in [0.1, 0.15) is 0 Å². The number of thiazole rings is 1. The Labute approximate surface area is 145 Å². The highest BCUT2D eigenvalue weighted by Gasteiger charge is 2.22. The molecular formula is C17H21BrN2OS. The van der Waals surface area contributed by atoms with Crippen molar-refractivity contribution in [3.05, 3.63) is 50.8 Å². The molecular weight excluding hydrogens is 360 g/mol. The molecule has 3 rings (SSSR count). The van der Waals surface area contributed by atoms with E-state index in [0.29, 0.717) is 17.3 Å². The summed E-state index contributed by atoms with van der Waals surface area (Å²) < 4.78 is 1.91. The van der Waals surface area contributed by atoms with Gasteiger partial charge < -0.3 is 4.57 Å². The quantitative estimate of drug-likeness (QED) is 0.805. The van der Waals surface area contributed by atoms with E-state index in [1.165, 1.54) is 21.9 Å². The Kier molecular flexibility index (Phi) is 5.40. The van der Waals surface area contributed by atoms with Crippen LogP contribution >= 0.6 is 28.3 Å². The maximum absolute atomic E-state index is 12.4. The Morgan fingerprint density at radius 2 is 2.05 bits per heavy atom. The summed E-state index contributed by atoms with van der Waals surface area (Å²) in [6, 6.07) is 7.68. The fraction of sp³-hybridized carbons (Fsp3) is 0.412. The van der Waals surface area contributed by atoms with Gasteiger partial charge in [0.05, 0.1) is 6.54 Å². The molecule has 0 radical (unpaired) electrons. The minimum Gasteiger partial charge on any atom is -0.313 e. The van der Waals surface area contributed by atoms with Gasteiger partial charge in [0.25, 0.3) is 0 Å². The molecule has 0 fully saturated rings. The number of hydrogen-bond acceptors (Lipinski definition) is 3. The van der Waals surface area contributed by atoms with Crippen LogP contribution in [0.2, 0.25) is 0 Å². The predicted octanol–water partition coefficient (Wildman–Crippen LogP) is 3.92. The Balaban J connectivity index is 0.00000176. The van der Waals surface area contributed by atoms with Crippen molar-refractivity contribution in [2.75, 3.05) is 0 Å². The van der Waals surface area contributed by atoms with E-state index in [-0.39, 0.29) is 22.8 Å². The highest BCUT2D eigenvalue weighted by atomic mass is 79.9. The van der Waals surface area contributed by atoms with Crippen LogP contribution < -0.4 is 4.80 Å².